The van der Waals surface area contributed by atoms with E-state index < -0.39 is 0 Å². The minimum atomic E-state index is -0.130. The fourth-order valence-electron chi connectivity index (χ4n) is 5.85. The number of rotatable bonds is 12. The summed E-state index contributed by atoms with van der Waals surface area (Å²) in [7, 11) is 4.88. The zero-order chi connectivity index (χ0) is 41.5. The first-order chi connectivity index (χ1) is 27.3. The maximum absolute atomic E-state index is 11.4. The van der Waals surface area contributed by atoms with Gasteiger partial charge in [-0.3, -0.25) is 14.4 Å². The molecule has 0 radical (unpaired) electrons. The lowest BCUT2D eigenvalue weighted by Gasteiger charge is -2.08. The Hall–Kier alpha value is -6.87. The van der Waals surface area contributed by atoms with Gasteiger partial charge in [0.25, 0.3) is 0 Å². The Morgan fingerprint density at radius 2 is 0.877 bits per heavy atom. The maximum Gasteiger partial charge on any atom is 0.163 e. The molecule has 0 saturated heterocycles. The van der Waals surface area contributed by atoms with Gasteiger partial charge in [0.2, 0.25) is 0 Å². The van der Waals surface area contributed by atoms with E-state index in [0.717, 1.165) is 50.6 Å². The van der Waals surface area contributed by atoms with Crippen molar-refractivity contribution < 1.29 is 43.9 Å². The average molecular weight is 769 g/mol. The molecule has 0 bridgehead atoms. The van der Waals surface area contributed by atoms with Gasteiger partial charge in [0.1, 0.15) is 34.5 Å². The van der Waals surface area contributed by atoms with Crippen molar-refractivity contribution in [1.29, 1.82) is 0 Å². The monoisotopic (exact) mass is 768 g/mol. The van der Waals surface area contributed by atoms with Gasteiger partial charge in [-0.05, 0) is 133 Å². The molecule has 6 aromatic carbocycles. The quantitative estimate of drug-likeness (QED) is 0.104. The summed E-state index contributed by atoms with van der Waals surface area (Å²) >= 11 is 0. The fraction of sp³-hybridized carbons (Fsp3) is 0.188. The second kappa shape index (κ2) is 20.7. The largest absolute Gasteiger partial charge is 0.508 e. The number of aromatic hydroxyl groups is 3. The van der Waals surface area contributed by atoms with Gasteiger partial charge in [-0.25, -0.2) is 0 Å². The number of hydrogen-bond donors (Lipinski definition) is 3. The van der Waals surface area contributed by atoms with Crippen molar-refractivity contribution in [2.45, 2.75) is 40.0 Å². The molecule has 0 amide bonds. The summed E-state index contributed by atoms with van der Waals surface area (Å²) < 4.78 is 15.3. The number of carbonyl (C=O) groups is 3. The number of para-hydroxylation sites is 1. The van der Waals surface area contributed by atoms with Crippen LogP contribution in [-0.4, -0.2) is 54.0 Å². The molecular formula is C48H48O9. The Labute approximate surface area is 333 Å². The second-order valence-electron chi connectivity index (χ2n) is 13.3. The highest BCUT2D eigenvalue weighted by Crippen LogP contribution is 2.27. The molecule has 0 aliphatic heterocycles. The first-order valence-corrected chi connectivity index (χ1v) is 18.2. The van der Waals surface area contributed by atoms with E-state index in [1.54, 1.807) is 63.8 Å². The molecular weight excluding hydrogens is 721 g/mol. The normalized spacial score (nSPS) is 10.2. The third-order valence-electron chi connectivity index (χ3n) is 9.10. The van der Waals surface area contributed by atoms with Crippen molar-refractivity contribution in [3.63, 3.8) is 0 Å². The molecule has 0 aromatic heterocycles. The van der Waals surface area contributed by atoms with Crippen molar-refractivity contribution in [3.8, 4) is 34.5 Å². The van der Waals surface area contributed by atoms with Crippen LogP contribution in [-0.2, 0) is 19.3 Å². The molecule has 0 heterocycles. The summed E-state index contributed by atoms with van der Waals surface area (Å²) in [6, 6.07) is 38.4. The number of hydrogen-bond acceptors (Lipinski definition) is 9. The highest BCUT2D eigenvalue weighted by molar-refractivity contribution is 5.97. The maximum atomic E-state index is 11.4. The van der Waals surface area contributed by atoms with Crippen molar-refractivity contribution >= 4 is 17.3 Å². The zero-order valence-electron chi connectivity index (χ0n) is 33.0. The predicted molar refractivity (Wildman–Crippen MR) is 222 cm³/mol. The van der Waals surface area contributed by atoms with Crippen LogP contribution in [0.1, 0.15) is 85.2 Å². The Morgan fingerprint density at radius 3 is 1.33 bits per heavy atom. The highest BCUT2D eigenvalue weighted by atomic mass is 16.5. The molecule has 0 saturated carbocycles. The Morgan fingerprint density at radius 1 is 0.439 bits per heavy atom. The van der Waals surface area contributed by atoms with Gasteiger partial charge in [-0.1, -0.05) is 54.6 Å². The third-order valence-corrected chi connectivity index (χ3v) is 9.10. The molecule has 0 aliphatic rings. The summed E-state index contributed by atoms with van der Waals surface area (Å²) in [5.74, 6) is 2.46. The molecule has 9 heteroatoms. The van der Waals surface area contributed by atoms with E-state index in [1.165, 1.54) is 20.8 Å². The van der Waals surface area contributed by atoms with Gasteiger partial charge < -0.3 is 29.5 Å². The van der Waals surface area contributed by atoms with E-state index in [2.05, 4.69) is 0 Å². The minimum Gasteiger partial charge on any atom is -0.508 e. The molecule has 0 spiro atoms. The number of Topliss-reactive ketones (excluding diaryl/α,β-unsaturated/α-hetero) is 3. The zero-order valence-corrected chi connectivity index (χ0v) is 33.0. The van der Waals surface area contributed by atoms with Gasteiger partial charge in [-0.2, -0.15) is 0 Å². The van der Waals surface area contributed by atoms with Crippen LogP contribution in [0.4, 0.5) is 0 Å². The summed E-state index contributed by atoms with van der Waals surface area (Å²) in [5.41, 5.74) is 7.07. The van der Waals surface area contributed by atoms with Crippen molar-refractivity contribution in [2.75, 3.05) is 21.3 Å². The van der Waals surface area contributed by atoms with E-state index in [9.17, 15) is 29.7 Å². The first-order valence-electron chi connectivity index (χ1n) is 18.2. The standard InChI is InChI=1S/3C16H16O3/c1-11(17)13-5-8-16(18)14(10-13)9-12-3-6-15(19-2)7-4-12;1-11(17)15-10-13(5-8-16(15)18)9-12-3-6-14(19-2)7-4-12;1-11(17)15-5-3-4-13(16(15)18)10-12-6-8-14(19-2)9-7-12/h2*3-8,10,18H,9H2,1-2H3;3-9,18H,10H2,1-2H3. The van der Waals surface area contributed by atoms with Crippen LogP contribution in [0.2, 0.25) is 0 Å². The molecule has 0 aliphatic carbocycles. The van der Waals surface area contributed by atoms with Crippen LogP contribution in [0.25, 0.3) is 0 Å². The molecule has 6 rings (SSSR count). The first kappa shape index (κ1) is 42.9. The molecule has 0 fully saturated rings. The number of ether oxygens (including phenoxy) is 3. The summed E-state index contributed by atoms with van der Waals surface area (Å²) in [6.07, 6.45) is 1.87. The molecule has 0 atom stereocenters. The van der Waals surface area contributed by atoms with Crippen LogP contribution in [0.5, 0.6) is 34.5 Å². The SMILES string of the molecule is COc1ccc(Cc2cc(C(C)=O)ccc2O)cc1.COc1ccc(Cc2ccc(O)c(C(C)=O)c2)cc1.COc1ccc(Cc2cccc(C(C)=O)c2O)cc1. The van der Waals surface area contributed by atoms with Crippen molar-refractivity contribution in [2.24, 2.45) is 0 Å². The van der Waals surface area contributed by atoms with Gasteiger partial charge in [-0.15, -0.1) is 0 Å². The number of ketones is 3. The Bertz CT molecular complexity index is 2220. The number of carbonyl (C=O) groups excluding carboxylic acids is 3. The molecule has 294 valence electrons. The number of phenols is 3. The molecule has 57 heavy (non-hydrogen) atoms. The second-order valence-corrected chi connectivity index (χ2v) is 13.3. The number of phenolic OH excluding ortho intramolecular Hbond substituents is 3. The van der Waals surface area contributed by atoms with E-state index in [0.29, 0.717) is 36.0 Å². The van der Waals surface area contributed by atoms with Gasteiger partial charge in [0.05, 0.1) is 32.5 Å². The molecule has 6 aromatic rings. The molecule has 9 nitrogen and oxygen atoms in total. The average Bonchev–Trinajstić information content (AvgIpc) is 3.21. The van der Waals surface area contributed by atoms with Crippen LogP contribution in [0, 0.1) is 0 Å². The highest BCUT2D eigenvalue weighted by Gasteiger charge is 2.12. The van der Waals surface area contributed by atoms with E-state index >= 15 is 0 Å². The minimum absolute atomic E-state index is 0.00372. The third kappa shape index (κ3) is 12.6. The van der Waals surface area contributed by atoms with E-state index in [1.807, 2.05) is 84.9 Å². The predicted octanol–water partition coefficient (Wildman–Crippen LogP) is 9.58. The Balaban J connectivity index is 0.000000189. The lowest BCUT2D eigenvalue weighted by Crippen LogP contribution is -1.97. The summed E-state index contributed by atoms with van der Waals surface area (Å²) in [6.45, 7) is 4.42. The van der Waals surface area contributed by atoms with Crippen LogP contribution in [0.15, 0.2) is 127 Å². The lowest BCUT2D eigenvalue weighted by atomic mass is 10.00. The topological polar surface area (TPSA) is 140 Å². The van der Waals surface area contributed by atoms with Crippen molar-refractivity contribution in [1.82, 2.24) is 0 Å². The fourth-order valence-corrected chi connectivity index (χ4v) is 5.85. The van der Waals surface area contributed by atoms with Gasteiger partial charge >= 0.3 is 0 Å². The van der Waals surface area contributed by atoms with Crippen LogP contribution < -0.4 is 14.2 Å². The van der Waals surface area contributed by atoms with Crippen LogP contribution in [0.3, 0.4) is 0 Å². The summed E-state index contributed by atoms with van der Waals surface area (Å²) in [5, 5.41) is 29.5. The summed E-state index contributed by atoms with van der Waals surface area (Å²) in [4.78, 5) is 34.1. The van der Waals surface area contributed by atoms with E-state index in [-0.39, 0.29) is 34.6 Å². The molecule has 0 unspecified atom stereocenters. The lowest BCUT2D eigenvalue weighted by molar-refractivity contribution is 0.100. The molecule has 3 N–H and O–H groups in total. The smallest absolute Gasteiger partial charge is 0.163 e. The number of benzene rings is 6. The van der Waals surface area contributed by atoms with Gasteiger partial charge in [0.15, 0.2) is 17.3 Å². The van der Waals surface area contributed by atoms with E-state index in [4.69, 9.17) is 14.2 Å². The van der Waals surface area contributed by atoms with Crippen LogP contribution >= 0.6 is 0 Å². The van der Waals surface area contributed by atoms with Gasteiger partial charge in [0, 0.05) is 18.4 Å². The Kier molecular flexibility index (Phi) is 15.6. The number of methoxy groups -OCH3 is 3. The van der Waals surface area contributed by atoms with Crippen molar-refractivity contribution in [3.05, 3.63) is 177 Å².